The molecule has 0 fully saturated rings. The lowest BCUT2D eigenvalue weighted by Crippen LogP contribution is -2.02. The summed E-state index contributed by atoms with van der Waals surface area (Å²) in [6, 6.07) is 3.87. The second-order valence-electron chi connectivity index (χ2n) is 2.93. The van der Waals surface area contributed by atoms with Crippen molar-refractivity contribution in [1.29, 1.82) is 0 Å². The minimum Gasteiger partial charge on any atom is -0.171 e. The lowest BCUT2D eigenvalue weighted by atomic mass is 10.1. The standard InChI is InChI=1S/C9H8Cl2S2/c10-5-1-2-7-8(9(5)11)6(12)3-4-13-7/h1-2,6,12H,3-4H2. The Morgan fingerprint density at radius 1 is 1.38 bits per heavy atom. The van der Waals surface area contributed by atoms with E-state index in [1.165, 1.54) is 4.90 Å². The molecule has 0 bridgehead atoms. The molecule has 1 heterocycles. The van der Waals surface area contributed by atoms with Gasteiger partial charge in [-0.3, -0.25) is 0 Å². The summed E-state index contributed by atoms with van der Waals surface area (Å²) < 4.78 is 0. The van der Waals surface area contributed by atoms with E-state index in [-0.39, 0.29) is 5.25 Å². The summed E-state index contributed by atoms with van der Waals surface area (Å²) >= 11 is 18.4. The van der Waals surface area contributed by atoms with E-state index in [0.29, 0.717) is 10.0 Å². The van der Waals surface area contributed by atoms with Gasteiger partial charge in [0.05, 0.1) is 10.0 Å². The van der Waals surface area contributed by atoms with Crippen LogP contribution in [-0.2, 0) is 0 Å². The zero-order chi connectivity index (χ0) is 9.42. The SMILES string of the molecule is SC1CCSc2ccc(Cl)c(Cl)c21. The summed E-state index contributed by atoms with van der Waals surface area (Å²) in [7, 11) is 0. The topological polar surface area (TPSA) is 0 Å². The van der Waals surface area contributed by atoms with Crippen LogP contribution in [0.25, 0.3) is 0 Å². The van der Waals surface area contributed by atoms with Crippen LogP contribution in [0.4, 0.5) is 0 Å². The Bertz CT molecular complexity index is 339. The number of thiol groups is 1. The molecule has 13 heavy (non-hydrogen) atoms. The molecule has 2 rings (SSSR count). The molecule has 0 nitrogen and oxygen atoms in total. The first kappa shape index (κ1) is 10.0. The summed E-state index contributed by atoms with van der Waals surface area (Å²) in [5.74, 6) is 1.11. The highest BCUT2D eigenvalue weighted by Crippen LogP contribution is 2.45. The summed E-state index contributed by atoms with van der Waals surface area (Å²) in [6.07, 6.45) is 1.06. The highest BCUT2D eigenvalue weighted by molar-refractivity contribution is 7.99. The van der Waals surface area contributed by atoms with Gasteiger partial charge in [-0.2, -0.15) is 12.6 Å². The van der Waals surface area contributed by atoms with E-state index >= 15 is 0 Å². The van der Waals surface area contributed by atoms with Crippen LogP contribution in [0.3, 0.4) is 0 Å². The molecule has 1 unspecified atom stereocenters. The number of halogens is 2. The maximum atomic E-state index is 6.11. The van der Waals surface area contributed by atoms with Crippen LogP contribution in [0, 0.1) is 0 Å². The molecule has 0 radical (unpaired) electrons. The van der Waals surface area contributed by atoms with Crippen molar-refractivity contribution in [3.63, 3.8) is 0 Å². The highest BCUT2D eigenvalue weighted by Gasteiger charge is 2.21. The normalized spacial score (nSPS) is 21.3. The van der Waals surface area contributed by atoms with E-state index in [0.717, 1.165) is 17.7 Å². The molecule has 1 aromatic rings. The lowest BCUT2D eigenvalue weighted by molar-refractivity contribution is 0.872. The molecule has 0 N–H and O–H groups in total. The molecule has 1 aromatic carbocycles. The highest BCUT2D eigenvalue weighted by atomic mass is 35.5. The second-order valence-corrected chi connectivity index (χ2v) is 5.47. The van der Waals surface area contributed by atoms with Gasteiger partial charge in [0, 0.05) is 10.1 Å². The Morgan fingerprint density at radius 3 is 2.92 bits per heavy atom. The van der Waals surface area contributed by atoms with Crippen LogP contribution in [0.1, 0.15) is 17.2 Å². The third-order valence-corrected chi connectivity index (χ3v) is 4.52. The molecule has 4 heteroatoms. The summed E-state index contributed by atoms with van der Waals surface area (Å²) in [6.45, 7) is 0. The fourth-order valence-electron chi connectivity index (χ4n) is 1.41. The third-order valence-electron chi connectivity index (χ3n) is 2.07. The number of rotatable bonds is 0. The van der Waals surface area contributed by atoms with Gasteiger partial charge in [-0.25, -0.2) is 0 Å². The van der Waals surface area contributed by atoms with E-state index < -0.39 is 0 Å². The van der Waals surface area contributed by atoms with Crippen molar-refractivity contribution in [2.45, 2.75) is 16.6 Å². The van der Waals surface area contributed by atoms with Gasteiger partial charge in [-0.15, -0.1) is 11.8 Å². The fourth-order valence-corrected chi connectivity index (χ4v) is 3.80. The van der Waals surface area contributed by atoms with Gasteiger partial charge in [-0.05, 0) is 29.9 Å². The maximum absolute atomic E-state index is 6.11. The Morgan fingerprint density at radius 2 is 2.15 bits per heavy atom. The molecule has 0 saturated heterocycles. The molecule has 0 saturated carbocycles. The van der Waals surface area contributed by atoms with Gasteiger partial charge in [-0.1, -0.05) is 23.2 Å². The van der Waals surface area contributed by atoms with Crippen LogP contribution >= 0.6 is 47.6 Å². The zero-order valence-corrected chi connectivity index (χ0v) is 9.98. The quantitative estimate of drug-likeness (QED) is 0.664. The molecule has 0 aliphatic carbocycles. The average molecular weight is 251 g/mol. The van der Waals surface area contributed by atoms with E-state index in [4.69, 9.17) is 23.2 Å². The maximum Gasteiger partial charge on any atom is 0.0646 e. The summed E-state index contributed by atoms with van der Waals surface area (Å²) in [5.41, 5.74) is 1.11. The lowest BCUT2D eigenvalue weighted by Gasteiger charge is -2.22. The van der Waals surface area contributed by atoms with E-state index in [1.807, 2.05) is 23.9 Å². The van der Waals surface area contributed by atoms with E-state index in [2.05, 4.69) is 12.6 Å². The van der Waals surface area contributed by atoms with Gasteiger partial charge >= 0.3 is 0 Å². The Balaban J connectivity index is 2.58. The largest absolute Gasteiger partial charge is 0.171 e. The molecular weight excluding hydrogens is 243 g/mol. The number of hydrogen-bond donors (Lipinski definition) is 1. The fraction of sp³-hybridized carbons (Fsp3) is 0.333. The zero-order valence-electron chi connectivity index (χ0n) is 6.76. The molecule has 1 atom stereocenters. The van der Waals surface area contributed by atoms with Crippen molar-refractivity contribution in [3.8, 4) is 0 Å². The van der Waals surface area contributed by atoms with Gasteiger partial charge < -0.3 is 0 Å². The smallest absolute Gasteiger partial charge is 0.0646 e. The molecule has 0 aromatic heterocycles. The third kappa shape index (κ3) is 1.82. The first-order valence-corrected chi connectivity index (χ1v) is 6.24. The average Bonchev–Trinajstić information content (AvgIpc) is 2.12. The van der Waals surface area contributed by atoms with Crippen molar-refractivity contribution in [2.75, 3.05) is 5.75 Å². The second kappa shape index (κ2) is 3.93. The van der Waals surface area contributed by atoms with Gasteiger partial charge in [0.1, 0.15) is 0 Å². The Labute approximate surface area is 97.4 Å². The van der Waals surface area contributed by atoms with Crippen molar-refractivity contribution < 1.29 is 0 Å². The molecule has 1 aliphatic heterocycles. The predicted molar refractivity (Wildman–Crippen MR) is 63.5 cm³/mol. The van der Waals surface area contributed by atoms with E-state index in [9.17, 15) is 0 Å². The Hall–Kier alpha value is 0.500. The first-order valence-electron chi connectivity index (χ1n) is 3.99. The van der Waals surface area contributed by atoms with Crippen molar-refractivity contribution in [3.05, 3.63) is 27.7 Å². The van der Waals surface area contributed by atoms with Crippen molar-refractivity contribution >= 4 is 47.6 Å². The minimum atomic E-state index is 0.238. The molecule has 0 spiro atoms. The minimum absolute atomic E-state index is 0.238. The first-order chi connectivity index (χ1) is 6.20. The van der Waals surface area contributed by atoms with Gasteiger partial charge in [0.25, 0.3) is 0 Å². The Kier molecular flexibility index (Phi) is 3.04. The summed E-state index contributed by atoms with van der Waals surface area (Å²) in [4.78, 5) is 1.22. The van der Waals surface area contributed by atoms with Crippen LogP contribution in [0.5, 0.6) is 0 Å². The van der Waals surface area contributed by atoms with Crippen LogP contribution in [0.2, 0.25) is 10.0 Å². The monoisotopic (exact) mass is 250 g/mol. The number of thioether (sulfide) groups is 1. The molecule has 0 amide bonds. The van der Waals surface area contributed by atoms with Crippen LogP contribution < -0.4 is 0 Å². The van der Waals surface area contributed by atoms with Crippen molar-refractivity contribution in [1.82, 2.24) is 0 Å². The number of hydrogen-bond acceptors (Lipinski definition) is 2. The molecule has 70 valence electrons. The molecule has 1 aliphatic rings. The van der Waals surface area contributed by atoms with Crippen LogP contribution in [0.15, 0.2) is 17.0 Å². The van der Waals surface area contributed by atoms with Crippen molar-refractivity contribution in [2.24, 2.45) is 0 Å². The predicted octanol–water partition coefficient (Wildman–Crippen LogP) is 4.46. The summed E-state index contributed by atoms with van der Waals surface area (Å²) in [5, 5.41) is 1.54. The number of fused-ring (bicyclic) bond motifs is 1. The van der Waals surface area contributed by atoms with Crippen LogP contribution in [-0.4, -0.2) is 5.75 Å². The van der Waals surface area contributed by atoms with Gasteiger partial charge in [0.2, 0.25) is 0 Å². The van der Waals surface area contributed by atoms with Gasteiger partial charge in [0.15, 0.2) is 0 Å². The van der Waals surface area contributed by atoms with E-state index in [1.54, 1.807) is 0 Å². The number of benzene rings is 1. The molecular formula is C9H8Cl2S2.